The minimum Gasteiger partial charge on any atom is -0.313 e. The van der Waals surface area contributed by atoms with E-state index in [4.69, 9.17) is 0 Å². The molecule has 0 heterocycles. The Morgan fingerprint density at radius 1 is 1.11 bits per heavy atom. The molecule has 1 aromatic rings. The van der Waals surface area contributed by atoms with E-state index < -0.39 is 0 Å². The molecule has 0 fully saturated rings. The lowest BCUT2D eigenvalue weighted by Crippen LogP contribution is -2.14. The van der Waals surface area contributed by atoms with Crippen molar-refractivity contribution >= 4 is 20.6 Å². The molecule has 18 heavy (non-hydrogen) atoms. The second kappa shape index (κ2) is 9.29. The van der Waals surface area contributed by atoms with E-state index in [0.29, 0.717) is 5.56 Å². The maximum Gasteiger partial charge on any atom is 0.228 e. The van der Waals surface area contributed by atoms with Crippen LogP contribution >= 0.6 is 15.9 Å². The van der Waals surface area contributed by atoms with Crippen LogP contribution in [-0.2, 0) is 6.54 Å². The zero-order chi connectivity index (χ0) is 13.2. The topological polar surface area (TPSA) is 29.1 Å². The molecule has 1 aromatic carbocycles. The highest BCUT2D eigenvalue weighted by molar-refractivity contribution is 9.18. The van der Waals surface area contributed by atoms with Crippen molar-refractivity contribution in [1.29, 1.82) is 0 Å². The van der Waals surface area contributed by atoms with Gasteiger partial charge in [0.15, 0.2) is 0 Å². The highest BCUT2D eigenvalue weighted by atomic mass is 79.9. The highest BCUT2D eigenvalue weighted by Crippen LogP contribution is 2.08. The van der Waals surface area contributed by atoms with Crippen LogP contribution in [-0.4, -0.2) is 11.2 Å². The lowest BCUT2D eigenvalue weighted by Gasteiger charge is -2.05. The van der Waals surface area contributed by atoms with Crippen LogP contribution in [0.2, 0.25) is 0 Å². The maximum atomic E-state index is 11.0. The zero-order valence-electron chi connectivity index (χ0n) is 11.0. The fourth-order valence-corrected chi connectivity index (χ4v) is 2.10. The number of carbonyl (C=O) groups excluding carboxylic acids is 1. The molecule has 3 heteroatoms. The van der Waals surface area contributed by atoms with Crippen molar-refractivity contribution in [2.45, 2.75) is 45.6 Å². The van der Waals surface area contributed by atoms with Gasteiger partial charge in [-0.3, -0.25) is 4.79 Å². The Morgan fingerprint density at radius 2 is 1.78 bits per heavy atom. The molecule has 0 amide bonds. The van der Waals surface area contributed by atoms with Crippen molar-refractivity contribution in [3.05, 3.63) is 35.4 Å². The number of halogens is 1. The number of nitrogens with one attached hydrogen (secondary N) is 1. The molecule has 0 aliphatic heterocycles. The first-order valence-electron chi connectivity index (χ1n) is 6.73. The lowest BCUT2D eigenvalue weighted by atomic mass is 10.1. The molecule has 0 spiro atoms. The van der Waals surface area contributed by atoms with Crippen LogP contribution < -0.4 is 5.32 Å². The van der Waals surface area contributed by atoms with Crippen molar-refractivity contribution in [2.24, 2.45) is 0 Å². The van der Waals surface area contributed by atoms with E-state index in [1.807, 2.05) is 24.3 Å². The van der Waals surface area contributed by atoms with E-state index in [1.54, 1.807) is 0 Å². The van der Waals surface area contributed by atoms with E-state index >= 15 is 0 Å². The summed E-state index contributed by atoms with van der Waals surface area (Å²) in [5.74, 6) is 0. The third-order valence-electron chi connectivity index (χ3n) is 2.97. The van der Waals surface area contributed by atoms with E-state index in [2.05, 4.69) is 28.2 Å². The van der Waals surface area contributed by atoms with Gasteiger partial charge in [-0.2, -0.15) is 0 Å². The third-order valence-corrected chi connectivity index (χ3v) is 3.42. The van der Waals surface area contributed by atoms with Gasteiger partial charge < -0.3 is 5.32 Å². The van der Waals surface area contributed by atoms with Gasteiger partial charge in [0.25, 0.3) is 0 Å². The first-order chi connectivity index (χ1) is 8.74. The molecule has 0 aliphatic carbocycles. The fourth-order valence-electron chi connectivity index (χ4n) is 1.84. The van der Waals surface area contributed by atoms with E-state index in [0.717, 1.165) is 13.1 Å². The summed E-state index contributed by atoms with van der Waals surface area (Å²) in [6.45, 7) is 4.19. The number of hydrogen-bond donors (Lipinski definition) is 1. The molecule has 0 saturated heterocycles. The van der Waals surface area contributed by atoms with Gasteiger partial charge in [-0.1, -0.05) is 56.9 Å². The van der Waals surface area contributed by atoms with Crippen molar-refractivity contribution in [3.63, 3.8) is 0 Å². The summed E-state index contributed by atoms with van der Waals surface area (Å²) < 4.78 is -0.0575. The predicted octanol–water partition coefficient (Wildman–Crippen LogP) is 4.28. The normalized spacial score (nSPS) is 10.6. The van der Waals surface area contributed by atoms with Crippen molar-refractivity contribution in [1.82, 2.24) is 5.32 Å². The van der Waals surface area contributed by atoms with Gasteiger partial charge in [0, 0.05) is 12.1 Å². The molecule has 0 aromatic heterocycles. The summed E-state index contributed by atoms with van der Waals surface area (Å²) in [5, 5.41) is 3.43. The monoisotopic (exact) mass is 311 g/mol. The SMILES string of the molecule is CCCCCCCNCc1ccc(C(=O)Br)cc1. The number of hydrogen-bond acceptors (Lipinski definition) is 2. The predicted molar refractivity (Wildman–Crippen MR) is 80.2 cm³/mol. The van der Waals surface area contributed by atoms with Crippen LogP contribution in [0.1, 0.15) is 54.9 Å². The van der Waals surface area contributed by atoms with Gasteiger partial charge in [-0.05, 0) is 34.5 Å². The van der Waals surface area contributed by atoms with Crippen LogP contribution in [0.3, 0.4) is 0 Å². The number of benzene rings is 1. The standard InChI is InChI=1S/C15H22BrNO/c1-2-3-4-5-6-11-17-12-13-7-9-14(10-8-13)15(16)18/h7-10,17H,2-6,11-12H2,1H3. The van der Waals surface area contributed by atoms with E-state index in [9.17, 15) is 4.79 Å². The largest absolute Gasteiger partial charge is 0.313 e. The first-order valence-corrected chi connectivity index (χ1v) is 7.53. The van der Waals surface area contributed by atoms with Crippen LogP contribution in [0.4, 0.5) is 0 Å². The maximum absolute atomic E-state index is 11.0. The Hall–Kier alpha value is -0.670. The van der Waals surface area contributed by atoms with E-state index in [1.165, 1.54) is 37.7 Å². The molecule has 0 atom stereocenters. The third kappa shape index (κ3) is 6.31. The summed E-state index contributed by atoms with van der Waals surface area (Å²) >= 11 is 2.95. The number of rotatable bonds is 9. The van der Waals surface area contributed by atoms with Crippen molar-refractivity contribution in [3.8, 4) is 0 Å². The van der Waals surface area contributed by atoms with Crippen LogP contribution in [0.15, 0.2) is 24.3 Å². The van der Waals surface area contributed by atoms with Crippen LogP contribution in [0.5, 0.6) is 0 Å². The van der Waals surface area contributed by atoms with Gasteiger partial charge in [0.05, 0.1) is 0 Å². The molecule has 0 radical (unpaired) electrons. The van der Waals surface area contributed by atoms with Gasteiger partial charge >= 0.3 is 0 Å². The zero-order valence-corrected chi connectivity index (χ0v) is 12.6. The minimum absolute atomic E-state index is 0.0575. The molecule has 2 nitrogen and oxygen atoms in total. The molecular formula is C15H22BrNO. The molecule has 100 valence electrons. The van der Waals surface area contributed by atoms with Gasteiger partial charge in [-0.15, -0.1) is 0 Å². The second-order valence-corrected chi connectivity index (χ2v) is 5.28. The van der Waals surface area contributed by atoms with Gasteiger partial charge in [-0.25, -0.2) is 0 Å². The van der Waals surface area contributed by atoms with Crippen molar-refractivity contribution in [2.75, 3.05) is 6.54 Å². The summed E-state index contributed by atoms with van der Waals surface area (Å²) in [5.41, 5.74) is 1.93. The van der Waals surface area contributed by atoms with Crippen LogP contribution in [0, 0.1) is 0 Å². The molecule has 1 rings (SSSR count). The molecule has 0 saturated carbocycles. The van der Waals surface area contributed by atoms with Crippen LogP contribution in [0.25, 0.3) is 0 Å². The van der Waals surface area contributed by atoms with Gasteiger partial charge in [0.2, 0.25) is 4.69 Å². The fraction of sp³-hybridized carbons (Fsp3) is 0.533. The average molecular weight is 312 g/mol. The number of carbonyl (C=O) groups is 1. The smallest absolute Gasteiger partial charge is 0.228 e. The lowest BCUT2D eigenvalue weighted by molar-refractivity contribution is 0.109. The summed E-state index contributed by atoms with van der Waals surface area (Å²) in [6, 6.07) is 7.71. The number of unbranched alkanes of at least 4 members (excludes halogenated alkanes) is 4. The summed E-state index contributed by atoms with van der Waals surface area (Å²) in [4.78, 5) is 11.0. The molecular weight excluding hydrogens is 290 g/mol. The second-order valence-electron chi connectivity index (χ2n) is 4.56. The van der Waals surface area contributed by atoms with Crippen molar-refractivity contribution < 1.29 is 4.79 Å². The Kier molecular flexibility index (Phi) is 7.94. The highest BCUT2D eigenvalue weighted by Gasteiger charge is 2.00. The Balaban J connectivity index is 2.14. The molecule has 0 bridgehead atoms. The summed E-state index contributed by atoms with van der Waals surface area (Å²) in [6.07, 6.45) is 6.56. The molecule has 0 unspecified atom stereocenters. The van der Waals surface area contributed by atoms with Gasteiger partial charge in [0.1, 0.15) is 0 Å². The van der Waals surface area contributed by atoms with E-state index in [-0.39, 0.29) is 4.69 Å². The molecule has 0 aliphatic rings. The first kappa shape index (κ1) is 15.4. The average Bonchev–Trinajstić information content (AvgIpc) is 2.38. The molecule has 1 N–H and O–H groups in total. The Labute approximate surface area is 118 Å². The summed E-state index contributed by atoms with van der Waals surface area (Å²) in [7, 11) is 0. The Bertz CT molecular complexity index is 348. The quantitative estimate of drug-likeness (QED) is 0.544. The minimum atomic E-state index is -0.0575. The Morgan fingerprint density at radius 3 is 2.39 bits per heavy atom.